The quantitative estimate of drug-likeness (QED) is 0.130. The van der Waals surface area contributed by atoms with Gasteiger partial charge in [-0.3, -0.25) is 15.0 Å². The number of nitrogens with two attached hydrogens (primary N) is 1. The van der Waals surface area contributed by atoms with E-state index >= 15 is 0 Å². The second-order valence-electron chi connectivity index (χ2n) is 8.45. The number of carbonyl (C=O) groups is 2. The fourth-order valence-electron chi connectivity index (χ4n) is 3.64. The highest BCUT2D eigenvalue weighted by molar-refractivity contribution is 7.17. The average molecular weight is 565 g/mol. The molecule has 0 saturated heterocycles. The Hall–Kier alpha value is -4.41. The van der Waals surface area contributed by atoms with Crippen molar-refractivity contribution < 1.29 is 14.3 Å². The molecule has 39 heavy (non-hydrogen) atoms. The first kappa shape index (κ1) is 29.2. The first-order chi connectivity index (χ1) is 18.4. The van der Waals surface area contributed by atoms with Crippen molar-refractivity contribution in [2.75, 3.05) is 10.6 Å². The number of nitrogens with one attached hydrogen (secondary N) is 4. The van der Waals surface area contributed by atoms with E-state index in [1.807, 2.05) is 78.9 Å². The van der Waals surface area contributed by atoms with E-state index in [4.69, 9.17) is 15.9 Å². The number of guanidine groups is 1. The molecule has 1 aromatic heterocycles. The lowest BCUT2D eigenvalue weighted by Crippen LogP contribution is -2.23. The minimum Gasteiger partial charge on any atom is -0.457 e. The Bertz CT molecular complexity index is 1410. The molecule has 11 heteroatoms. The Kier molecular flexibility index (Phi) is 10.4. The number of aromatic nitrogens is 1. The number of carbonyl (C=O) groups excluding carboxylic acids is 2. The van der Waals surface area contributed by atoms with Gasteiger partial charge in [-0.25, -0.2) is 4.98 Å². The highest BCUT2D eigenvalue weighted by Crippen LogP contribution is 2.25. The number of hydrogen-bond donors (Lipinski definition) is 5. The minimum atomic E-state index is -0.250. The Morgan fingerprint density at radius 2 is 1.54 bits per heavy atom. The van der Waals surface area contributed by atoms with E-state index in [0.717, 1.165) is 33.9 Å². The van der Waals surface area contributed by atoms with Crippen molar-refractivity contribution in [1.29, 1.82) is 5.41 Å². The molecule has 202 valence electrons. The summed E-state index contributed by atoms with van der Waals surface area (Å²) in [6.45, 7) is 1.74. The third-order valence-corrected chi connectivity index (χ3v) is 6.44. The number of amides is 2. The van der Waals surface area contributed by atoms with Gasteiger partial charge in [-0.15, -0.1) is 12.4 Å². The summed E-state index contributed by atoms with van der Waals surface area (Å²) in [5.41, 5.74) is 8.67. The molecule has 4 rings (SSSR count). The lowest BCUT2D eigenvalue weighted by molar-refractivity contribution is -0.114. The van der Waals surface area contributed by atoms with Crippen LogP contribution in [0.25, 0.3) is 0 Å². The number of thiazole rings is 1. The van der Waals surface area contributed by atoms with Crippen molar-refractivity contribution in [1.82, 2.24) is 10.3 Å². The van der Waals surface area contributed by atoms with Crippen molar-refractivity contribution in [2.45, 2.75) is 26.3 Å². The molecule has 0 radical (unpaired) electrons. The van der Waals surface area contributed by atoms with Gasteiger partial charge in [-0.05, 0) is 60.4 Å². The van der Waals surface area contributed by atoms with Crippen LogP contribution in [0.15, 0.2) is 78.9 Å². The van der Waals surface area contributed by atoms with Crippen LogP contribution in [0.2, 0.25) is 0 Å². The van der Waals surface area contributed by atoms with Crippen molar-refractivity contribution in [3.05, 3.63) is 101 Å². The van der Waals surface area contributed by atoms with E-state index in [-0.39, 0.29) is 30.2 Å². The number of para-hydroxylation sites is 1. The van der Waals surface area contributed by atoms with E-state index in [1.165, 1.54) is 6.92 Å². The fraction of sp³-hybridized carbons (Fsp3) is 0.143. The van der Waals surface area contributed by atoms with Crippen molar-refractivity contribution >= 4 is 52.3 Å². The topological polar surface area (TPSA) is 142 Å². The van der Waals surface area contributed by atoms with Gasteiger partial charge in [-0.2, -0.15) is 0 Å². The van der Waals surface area contributed by atoms with Gasteiger partial charge in [-0.1, -0.05) is 53.8 Å². The molecule has 1 heterocycles. The zero-order valence-corrected chi connectivity index (χ0v) is 22.8. The van der Waals surface area contributed by atoms with Crippen molar-refractivity contribution in [3.63, 3.8) is 0 Å². The third-order valence-electron chi connectivity index (χ3n) is 5.43. The molecule has 3 aromatic carbocycles. The van der Waals surface area contributed by atoms with Gasteiger partial charge in [0.2, 0.25) is 5.91 Å². The molecule has 0 aliphatic heterocycles. The third kappa shape index (κ3) is 8.84. The monoisotopic (exact) mass is 564 g/mol. The van der Waals surface area contributed by atoms with Crippen LogP contribution in [0, 0.1) is 5.41 Å². The fourth-order valence-corrected chi connectivity index (χ4v) is 4.61. The number of nitrogens with zero attached hydrogens (tertiary/aromatic N) is 1. The SMILES string of the molecule is CC(=O)Nc1nc(CCc2ccc(NC(=N)N)cc2)c(C(=O)NCc2ccc(Oc3ccccc3)cc2)s1.Cl. The number of halogens is 1. The number of aryl methyl sites for hydroxylation is 2. The highest BCUT2D eigenvalue weighted by Gasteiger charge is 2.19. The second kappa shape index (κ2) is 13.9. The van der Waals surface area contributed by atoms with Gasteiger partial charge in [0.25, 0.3) is 5.91 Å². The molecule has 6 N–H and O–H groups in total. The number of ether oxygens (including phenoxy) is 1. The Balaban J connectivity index is 0.00000420. The summed E-state index contributed by atoms with van der Waals surface area (Å²) in [5.74, 6) is 0.840. The summed E-state index contributed by atoms with van der Waals surface area (Å²) >= 11 is 1.16. The molecule has 0 aliphatic rings. The molecule has 0 unspecified atom stereocenters. The molecular weight excluding hydrogens is 536 g/mol. The Morgan fingerprint density at radius 3 is 2.18 bits per heavy atom. The zero-order valence-electron chi connectivity index (χ0n) is 21.2. The molecule has 0 bridgehead atoms. The minimum absolute atomic E-state index is 0. The maximum atomic E-state index is 13.1. The van der Waals surface area contributed by atoms with Gasteiger partial charge in [0, 0.05) is 19.2 Å². The maximum absolute atomic E-state index is 13.1. The number of anilines is 2. The molecule has 9 nitrogen and oxygen atoms in total. The summed E-state index contributed by atoms with van der Waals surface area (Å²) in [6, 6.07) is 24.6. The van der Waals surface area contributed by atoms with Gasteiger partial charge < -0.3 is 26.4 Å². The molecule has 2 amide bonds. The first-order valence-electron chi connectivity index (χ1n) is 11.9. The van der Waals surface area contributed by atoms with Crippen LogP contribution >= 0.6 is 23.7 Å². The summed E-state index contributed by atoms with van der Waals surface area (Å²) in [5, 5.41) is 16.1. The van der Waals surface area contributed by atoms with Crippen LogP contribution in [0.5, 0.6) is 11.5 Å². The summed E-state index contributed by atoms with van der Waals surface area (Å²) in [4.78, 5) is 29.6. The molecule has 0 saturated carbocycles. The highest BCUT2D eigenvalue weighted by atomic mass is 35.5. The molecule has 0 fully saturated rings. The average Bonchev–Trinajstić information content (AvgIpc) is 3.30. The molecule has 0 aliphatic carbocycles. The Labute approximate surface area is 236 Å². The van der Waals surface area contributed by atoms with Crippen molar-refractivity contribution in [3.8, 4) is 11.5 Å². The van der Waals surface area contributed by atoms with Crippen LogP contribution in [0.1, 0.15) is 33.4 Å². The van der Waals surface area contributed by atoms with Crippen LogP contribution in [-0.2, 0) is 24.2 Å². The standard InChI is InChI=1S/C28H28N6O3S.ClH/c1-18(35)32-28-34-24(16-11-19-7-12-21(13-8-19)33-27(29)30)25(38-28)26(36)31-17-20-9-14-23(15-10-20)37-22-5-3-2-4-6-22;/h2-10,12-15H,11,16-17H2,1H3,(H,31,36)(H4,29,30,33)(H,32,34,35);1H. The molecule has 0 atom stereocenters. The lowest BCUT2D eigenvalue weighted by Gasteiger charge is -2.08. The summed E-state index contributed by atoms with van der Waals surface area (Å²) < 4.78 is 5.82. The predicted molar refractivity (Wildman–Crippen MR) is 157 cm³/mol. The van der Waals surface area contributed by atoms with Gasteiger partial charge in [0.15, 0.2) is 11.1 Å². The smallest absolute Gasteiger partial charge is 0.263 e. The van der Waals surface area contributed by atoms with E-state index in [9.17, 15) is 9.59 Å². The second-order valence-corrected chi connectivity index (χ2v) is 9.45. The maximum Gasteiger partial charge on any atom is 0.263 e. The van der Waals surface area contributed by atoms with Crippen LogP contribution in [0.3, 0.4) is 0 Å². The molecular formula is C28H29ClN6O3S. The number of hydrogen-bond acceptors (Lipinski definition) is 6. The van der Waals surface area contributed by atoms with Crippen LogP contribution < -0.4 is 26.4 Å². The lowest BCUT2D eigenvalue weighted by atomic mass is 10.1. The van der Waals surface area contributed by atoms with Crippen LogP contribution in [0.4, 0.5) is 10.8 Å². The molecule has 0 spiro atoms. The zero-order chi connectivity index (χ0) is 26.9. The number of rotatable bonds is 10. The number of benzene rings is 3. The summed E-state index contributed by atoms with van der Waals surface area (Å²) in [7, 11) is 0. The van der Waals surface area contributed by atoms with E-state index < -0.39 is 0 Å². The van der Waals surface area contributed by atoms with Gasteiger partial charge >= 0.3 is 0 Å². The van der Waals surface area contributed by atoms with Gasteiger partial charge in [0.1, 0.15) is 16.4 Å². The first-order valence-corrected chi connectivity index (χ1v) is 12.7. The predicted octanol–water partition coefficient (Wildman–Crippen LogP) is 5.34. The van der Waals surface area contributed by atoms with E-state index in [2.05, 4.69) is 20.9 Å². The van der Waals surface area contributed by atoms with Crippen molar-refractivity contribution in [2.24, 2.45) is 5.73 Å². The largest absolute Gasteiger partial charge is 0.457 e. The molecule has 4 aromatic rings. The van der Waals surface area contributed by atoms with E-state index in [0.29, 0.717) is 40.8 Å². The van der Waals surface area contributed by atoms with E-state index in [1.54, 1.807) is 0 Å². The summed E-state index contributed by atoms with van der Waals surface area (Å²) in [6.07, 6.45) is 1.16. The van der Waals surface area contributed by atoms with Crippen LogP contribution in [-0.4, -0.2) is 22.8 Å². The van der Waals surface area contributed by atoms with Gasteiger partial charge in [0.05, 0.1) is 5.69 Å². The normalized spacial score (nSPS) is 10.2. The Morgan fingerprint density at radius 1 is 0.897 bits per heavy atom.